The van der Waals surface area contributed by atoms with Crippen molar-refractivity contribution in [2.45, 2.75) is 226 Å². The molecule has 11 nitrogen and oxygen atoms in total. The highest BCUT2D eigenvalue weighted by molar-refractivity contribution is 7.95. The normalized spacial score (nSPS) is 30.9. The number of likely N-dealkylation sites (N-methyl/N-ethyl adjacent to an activating group) is 1. The maximum atomic E-state index is 14.4. The molecule has 2 aliphatic heterocycles. The molecular weight excluding hydrogens is 948 g/mol. The van der Waals surface area contributed by atoms with Crippen molar-refractivity contribution in [3.05, 3.63) is 89.5 Å². The van der Waals surface area contributed by atoms with Gasteiger partial charge < -0.3 is 44.4 Å². The molecule has 0 aliphatic carbocycles. The summed E-state index contributed by atoms with van der Waals surface area (Å²) in [6.45, 7) is 21.1. The number of amides is 1. The second kappa shape index (κ2) is 27.9. The number of hydrogen-bond donors (Lipinski definition) is 4. The molecular formula is C62H98N2O9P+. The number of unbranched alkanes of at least 4 members (excludes halogenated alkanes) is 8. The molecule has 4 N–H and O–H groups in total. The fraction of sp³-hybridized carbons (Fsp3) is 0.677. The van der Waals surface area contributed by atoms with Crippen LogP contribution in [0, 0.1) is 38.5 Å². The van der Waals surface area contributed by atoms with Gasteiger partial charge in [0.1, 0.15) is 47.1 Å². The van der Waals surface area contributed by atoms with E-state index in [1.54, 1.807) is 32.6 Å². The molecule has 5 rings (SSSR count). The maximum Gasteiger partial charge on any atom is 0.309 e. The van der Waals surface area contributed by atoms with Gasteiger partial charge in [0.15, 0.2) is 6.29 Å². The third kappa shape index (κ3) is 15.9. The number of rotatable bonds is 19. The number of benzene rings is 3. The number of aliphatic hydroxyl groups is 4. The van der Waals surface area contributed by atoms with Crippen molar-refractivity contribution in [2.24, 2.45) is 17.8 Å². The van der Waals surface area contributed by atoms with Gasteiger partial charge in [0, 0.05) is 19.0 Å². The van der Waals surface area contributed by atoms with Crippen LogP contribution in [-0.4, -0.2) is 129 Å². The SMILES string of the molecule is CC[C@H]1OC(=O)[C@H](C)C[C@H](C)[C@@H](O[C@@H]2O[C@H](C)C[C@H](N(C)C)[C@H]2O)[C@](C)(O)C[C@@H](C)CN(C(=O)CCCCCCCCCCC[P+](c2cccc(C)c2)(c2cccc(C)c2)c2cccc(C)c2)[C@H](C)[C@@H](O)[C@]1(C)O. The number of ether oxygens (including phenoxy) is 3. The van der Waals surface area contributed by atoms with Gasteiger partial charge in [-0.25, -0.2) is 0 Å². The fourth-order valence-electron chi connectivity index (χ4n) is 12.3. The first kappa shape index (κ1) is 61.6. The Morgan fingerprint density at radius 1 is 0.770 bits per heavy atom. The highest BCUT2D eigenvalue weighted by atomic mass is 31.2. The molecule has 0 bridgehead atoms. The Morgan fingerprint density at radius 2 is 1.27 bits per heavy atom. The average molecular weight is 1050 g/mol. The van der Waals surface area contributed by atoms with Gasteiger partial charge in [-0.2, -0.15) is 0 Å². The number of hydrogen-bond acceptors (Lipinski definition) is 10. The van der Waals surface area contributed by atoms with Gasteiger partial charge in [-0.1, -0.05) is 103 Å². The van der Waals surface area contributed by atoms with Gasteiger partial charge in [-0.3, -0.25) is 9.59 Å². The van der Waals surface area contributed by atoms with Crippen molar-refractivity contribution >= 4 is 35.1 Å². The summed E-state index contributed by atoms with van der Waals surface area (Å²) in [6, 6.07) is 26.6. The van der Waals surface area contributed by atoms with Crippen LogP contribution in [0.2, 0.25) is 0 Å². The van der Waals surface area contributed by atoms with Crippen molar-refractivity contribution < 1.29 is 44.2 Å². The highest BCUT2D eigenvalue weighted by Gasteiger charge is 2.49. The average Bonchev–Trinajstić information content (AvgIpc) is 3.34. The van der Waals surface area contributed by atoms with E-state index in [1.165, 1.54) is 58.8 Å². The summed E-state index contributed by atoms with van der Waals surface area (Å²) in [4.78, 5) is 31.7. The predicted molar refractivity (Wildman–Crippen MR) is 303 cm³/mol. The van der Waals surface area contributed by atoms with Crippen LogP contribution in [0.5, 0.6) is 0 Å². The monoisotopic (exact) mass is 1050 g/mol. The molecule has 2 saturated heterocycles. The number of cyclic esters (lactones) is 1. The van der Waals surface area contributed by atoms with E-state index in [1.807, 2.05) is 39.8 Å². The number of nitrogens with zero attached hydrogens (tertiary/aromatic N) is 2. The molecule has 0 spiro atoms. The maximum absolute atomic E-state index is 14.4. The Bertz CT molecular complexity index is 2110. The standard InChI is InChI=1S/C62H98N2O9P/c1-14-54-62(11,70)57(67)49(9)64(41-45(5)40-61(10,69)58(46(6)38-47(7)59(68)72-54)73-60-56(66)53(63(12)13)39-48(8)71-60)55(65)33-22-20-18-16-15-17-19-21-23-34-74(50-30-24-27-42(2)35-50,51-31-25-28-43(3)36-51)52-32-26-29-44(4)37-52/h24-32,35-37,45-49,53-54,56-58,60,66-67,69-70H,14-23,33-34,38-41H2,1-13H3/q+1/t45-,46+,47-,48-,49-,53+,54-,56-,57-,58-,60+,61-,62-/m1/s1. The minimum absolute atomic E-state index is 0.133. The number of carbonyl (C=O) groups is 2. The summed E-state index contributed by atoms with van der Waals surface area (Å²) in [5, 5.41) is 52.2. The summed E-state index contributed by atoms with van der Waals surface area (Å²) in [6.07, 6.45) is 6.81. The van der Waals surface area contributed by atoms with Crippen LogP contribution in [-0.2, 0) is 23.8 Å². The molecule has 0 unspecified atom stereocenters. The number of aliphatic hydroxyl groups excluding tert-OH is 2. The van der Waals surface area contributed by atoms with Gasteiger partial charge in [-0.15, -0.1) is 0 Å². The molecule has 13 atom stereocenters. The molecule has 3 aromatic rings. The molecule has 414 valence electrons. The Morgan fingerprint density at radius 3 is 1.76 bits per heavy atom. The molecule has 0 radical (unpaired) electrons. The van der Waals surface area contributed by atoms with Crippen LogP contribution in [0.3, 0.4) is 0 Å². The number of esters is 1. The number of aryl methyl sites for hydroxylation is 3. The zero-order valence-electron chi connectivity index (χ0n) is 47.8. The second-order valence-electron chi connectivity index (χ2n) is 23.7. The topological polar surface area (TPSA) is 149 Å². The van der Waals surface area contributed by atoms with E-state index in [4.69, 9.17) is 14.2 Å². The first-order valence-electron chi connectivity index (χ1n) is 28.3. The van der Waals surface area contributed by atoms with Crippen molar-refractivity contribution in [1.29, 1.82) is 0 Å². The van der Waals surface area contributed by atoms with E-state index in [9.17, 15) is 30.0 Å². The van der Waals surface area contributed by atoms with Crippen LogP contribution in [0.25, 0.3) is 0 Å². The minimum Gasteiger partial charge on any atom is -0.459 e. The summed E-state index contributed by atoms with van der Waals surface area (Å²) in [7, 11) is 1.92. The smallest absolute Gasteiger partial charge is 0.309 e. The molecule has 3 aromatic carbocycles. The summed E-state index contributed by atoms with van der Waals surface area (Å²) >= 11 is 0. The highest BCUT2D eigenvalue weighted by Crippen LogP contribution is 2.56. The third-order valence-corrected chi connectivity index (χ3v) is 20.9. The van der Waals surface area contributed by atoms with Crippen LogP contribution >= 0.6 is 7.26 Å². The fourth-order valence-corrected chi connectivity index (χ4v) is 17.0. The predicted octanol–water partition coefficient (Wildman–Crippen LogP) is 9.72. The van der Waals surface area contributed by atoms with Crippen molar-refractivity contribution in [3.63, 3.8) is 0 Å². The third-order valence-electron chi connectivity index (χ3n) is 16.4. The zero-order valence-corrected chi connectivity index (χ0v) is 48.7. The van der Waals surface area contributed by atoms with Gasteiger partial charge in [0.2, 0.25) is 5.91 Å². The van der Waals surface area contributed by atoms with Gasteiger partial charge >= 0.3 is 5.97 Å². The van der Waals surface area contributed by atoms with Crippen LogP contribution in [0.15, 0.2) is 72.8 Å². The quantitative estimate of drug-likeness (QED) is 0.0520. The molecule has 74 heavy (non-hydrogen) atoms. The first-order chi connectivity index (χ1) is 34.9. The van der Waals surface area contributed by atoms with Crippen molar-refractivity contribution in [1.82, 2.24) is 9.80 Å². The molecule has 0 aromatic heterocycles. The lowest BCUT2D eigenvalue weighted by atomic mass is 9.79. The Balaban J connectivity index is 1.21. The largest absolute Gasteiger partial charge is 0.459 e. The Hall–Kier alpha value is -3.25. The van der Waals surface area contributed by atoms with E-state index in [2.05, 4.69) is 93.6 Å². The van der Waals surface area contributed by atoms with E-state index in [-0.39, 0.29) is 56.2 Å². The molecule has 0 saturated carbocycles. The van der Waals surface area contributed by atoms with Crippen molar-refractivity contribution in [3.8, 4) is 0 Å². The molecule has 2 fully saturated rings. The van der Waals surface area contributed by atoms with E-state index in [0.717, 1.165) is 38.3 Å². The van der Waals surface area contributed by atoms with E-state index >= 15 is 0 Å². The van der Waals surface area contributed by atoms with Gasteiger partial charge in [0.25, 0.3) is 0 Å². The minimum atomic E-state index is -1.90. The summed E-state index contributed by atoms with van der Waals surface area (Å²) in [5.74, 6) is -1.99. The number of carbonyl (C=O) groups excluding carboxylic acids is 2. The van der Waals surface area contributed by atoms with Gasteiger partial charge in [0.05, 0.1) is 35.9 Å². The van der Waals surface area contributed by atoms with Crippen LogP contribution in [0.1, 0.15) is 162 Å². The summed E-state index contributed by atoms with van der Waals surface area (Å²) < 4.78 is 18.8. The molecule has 2 heterocycles. The van der Waals surface area contributed by atoms with Gasteiger partial charge in [-0.05, 0) is 172 Å². The molecule has 12 heteroatoms. The lowest BCUT2D eigenvalue weighted by Crippen LogP contribution is -2.60. The van der Waals surface area contributed by atoms with Crippen LogP contribution in [0.4, 0.5) is 0 Å². The van der Waals surface area contributed by atoms with Crippen LogP contribution < -0.4 is 15.9 Å². The molecule has 1 amide bonds. The lowest BCUT2D eigenvalue weighted by Gasteiger charge is -2.46. The Kier molecular flexibility index (Phi) is 23.2. The van der Waals surface area contributed by atoms with E-state index < -0.39 is 73.0 Å². The van der Waals surface area contributed by atoms with Crippen molar-refractivity contribution in [2.75, 3.05) is 26.8 Å². The van der Waals surface area contributed by atoms with E-state index in [0.29, 0.717) is 12.8 Å². The summed E-state index contributed by atoms with van der Waals surface area (Å²) in [5.41, 5.74) is 0.544. The molecule has 2 aliphatic rings. The lowest BCUT2D eigenvalue weighted by molar-refractivity contribution is -0.295. The Labute approximate surface area is 447 Å². The second-order valence-corrected chi connectivity index (χ2v) is 27.3. The first-order valence-corrected chi connectivity index (χ1v) is 30.3. The zero-order chi connectivity index (χ0) is 54.5.